The lowest BCUT2D eigenvalue weighted by Gasteiger charge is -2.31. The fourth-order valence-electron chi connectivity index (χ4n) is 3.24. The maximum atomic E-state index is 12.0. The van der Waals surface area contributed by atoms with E-state index < -0.39 is 0 Å². The Morgan fingerprint density at radius 2 is 2.11 bits per heavy atom. The summed E-state index contributed by atoms with van der Waals surface area (Å²) in [6.07, 6.45) is 6.14. The van der Waals surface area contributed by atoms with Crippen molar-refractivity contribution in [3.8, 4) is 0 Å². The molecule has 2 rings (SSSR count). The molecule has 0 spiro atoms. The summed E-state index contributed by atoms with van der Waals surface area (Å²) in [6.45, 7) is 5.23. The Balaban J connectivity index is 1.94. The highest BCUT2D eigenvalue weighted by atomic mass is 35.5. The molecule has 1 aliphatic rings. The van der Waals surface area contributed by atoms with Gasteiger partial charge in [-0.15, -0.1) is 0 Å². The smallest absolute Gasteiger partial charge is 0.287 e. The minimum absolute atomic E-state index is 0.165. The van der Waals surface area contributed by atoms with Gasteiger partial charge in [0.25, 0.3) is 5.91 Å². The molecule has 1 aromatic rings. The molecule has 3 nitrogen and oxygen atoms in total. The summed E-state index contributed by atoms with van der Waals surface area (Å²) in [5, 5.41) is 3.26. The molecule has 4 heteroatoms. The number of amides is 1. The van der Waals surface area contributed by atoms with Gasteiger partial charge in [0.1, 0.15) is 0 Å². The lowest BCUT2D eigenvalue weighted by Crippen LogP contribution is -2.36. The zero-order valence-electron chi connectivity index (χ0n) is 11.7. The van der Waals surface area contributed by atoms with Gasteiger partial charge < -0.3 is 9.73 Å². The standard InChI is InChI=1S/C15H22ClNO2/c1-11(2)9-15(7-3-4-8-15)10-17-14(18)12-5-6-13(16)19-12/h5-6,11H,3-4,7-10H2,1-2H3,(H,17,18). The summed E-state index contributed by atoms with van der Waals surface area (Å²) < 4.78 is 5.13. The molecule has 19 heavy (non-hydrogen) atoms. The van der Waals surface area contributed by atoms with E-state index in [0.29, 0.717) is 11.7 Å². The van der Waals surface area contributed by atoms with Gasteiger partial charge in [-0.3, -0.25) is 4.79 Å². The highest BCUT2D eigenvalue weighted by molar-refractivity contribution is 6.29. The van der Waals surface area contributed by atoms with Crippen LogP contribution in [0.3, 0.4) is 0 Å². The van der Waals surface area contributed by atoms with Gasteiger partial charge in [-0.05, 0) is 54.3 Å². The van der Waals surface area contributed by atoms with E-state index in [0.717, 1.165) is 6.54 Å². The molecule has 1 amide bonds. The second kappa shape index (κ2) is 6.00. The van der Waals surface area contributed by atoms with Gasteiger partial charge in [-0.25, -0.2) is 0 Å². The fourth-order valence-corrected chi connectivity index (χ4v) is 3.38. The van der Waals surface area contributed by atoms with Crippen molar-refractivity contribution in [2.75, 3.05) is 6.54 Å². The Hall–Kier alpha value is -0.960. The average molecular weight is 284 g/mol. The minimum Gasteiger partial charge on any atom is -0.440 e. The molecule has 0 atom stereocenters. The van der Waals surface area contributed by atoms with Crippen LogP contribution in [0, 0.1) is 11.3 Å². The van der Waals surface area contributed by atoms with Crippen molar-refractivity contribution in [2.45, 2.75) is 46.0 Å². The van der Waals surface area contributed by atoms with E-state index in [1.165, 1.54) is 32.1 Å². The number of nitrogens with one attached hydrogen (secondary N) is 1. The van der Waals surface area contributed by atoms with Crippen LogP contribution in [0.25, 0.3) is 0 Å². The first-order valence-corrected chi connectivity index (χ1v) is 7.42. The van der Waals surface area contributed by atoms with Crippen LogP contribution in [0.4, 0.5) is 0 Å². The Morgan fingerprint density at radius 3 is 2.63 bits per heavy atom. The van der Waals surface area contributed by atoms with Crippen molar-refractivity contribution >= 4 is 17.5 Å². The minimum atomic E-state index is -0.165. The quantitative estimate of drug-likeness (QED) is 0.877. The summed E-state index contributed by atoms with van der Waals surface area (Å²) in [6, 6.07) is 3.21. The zero-order chi connectivity index (χ0) is 13.9. The number of hydrogen-bond acceptors (Lipinski definition) is 2. The molecule has 1 fully saturated rings. The molecule has 0 aromatic carbocycles. The third-order valence-corrected chi connectivity index (χ3v) is 4.13. The summed E-state index contributed by atoms with van der Waals surface area (Å²) >= 11 is 5.68. The van der Waals surface area contributed by atoms with Crippen molar-refractivity contribution < 1.29 is 9.21 Å². The number of halogens is 1. The number of rotatable bonds is 5. The highest BCUT2D eigenvalue weighted by Crippen LogP contribution is 2.42. The molecule has 0 saturated heterocycles. The van der Waals surface area contributed by atoms with E-state index >= 15 is 0 Å². The molecule has 0 unspecified atom stereocenters. The van der Waals surface area contributed by atoms with E-state index in [-0.39, 0.29) is 16.5 Å². The van der Waals surface area contributed by atoms with Crippen LogP contribution >= 0.6 is 11.6 Å². The van der Waals surface area contributed by atoms with Crippen LogP contribution in [0.15, 0.2) is 16.5 Å². The van der Waals surface area contributed by atoms with Gasteiger partial charge in [0, 0.05) is 6.54 Å². The molecular weight excluding hydrogens is 262 g/mol. The molecule has 1 heterocycles. The van der Waals surface area contributed by atoms with E-state index in [4.69, 9.17) is 16.0 Å². The average Bonchev–Trinajstić information content (AvgIpc) is 2.95. The largest absolute Gasteiger partial charge is 0.440 e. The monoisotopic (exact) mass is 283 g/mol. The Bertz CT molecular complexity index is 433. The maximum absolute atomic E-state index is 12.0. The predicted molar refractivity (Wildman–Crippen MR) is 76.4 cm³/mol. The molecule has 1 saturated carbocycles. The number of furan rings is 1. The topological polar surface area (TPSA) is 42.2 Å². The van der Waals surface area contributed by atoms with Gasteiger partial charge in [-0.1, -0.05) is 26.7 Å². The van der Waals surface area contributed by atoms with Crippen LogP contribution in [-0.2, 0) is 0 Å². The molecule has 1 aliphatic carbocycles. The van der Waals surface area contributed by atoms with Gasteiger partial charge in [0.2, 0.25) is 0 Å². The van der Waals surface area contributed by atoms with E-state index in [9.17, 15) is 4.79 Å². The van der Waals surface area contributed by atoms with Crippen LogP contribution in [0.2, 0.25) is 5.22 Å². The van der Waals surface area contributed by atoms with E-state index in [1.54, 1.807) is 12.1 Å². The fraction of sp³-hybridized carbons (Fsp3) is 0.667. The second-order valence-corrected chi connectivity index (χ2v) is 6.46. The van der Waals surface area contributed by atoms with Crippen molar-refractivity contribution in [1.29, 1.82) is 0 Å². The molecule has 0 bridgehead atoms. The third-order valence-electron chi connectivity index (χ3n) is 3.93. The first kappa shape index (κ1) is 14.4. The van der Waals surface area contributed by atoms with E-state index in [1.807, 2.05) is 0 Å². The molecule has 0 radical (unpaired) electrons. The number of hydrogen-bond donors (Lipinski definition) is 1. The van der Waals surface area contributed by atoms with Gasteiger partial charge in [0.15, 0.2) is 11.0 Å². The van der Waals surface area contributed by atoms with Gasteiger partial charge >= 0.3 is 0 Å². The summed E-state index contributed by atoms with van der Waals surface area (Å²) in [5.41, 5.74) is 0.278. The molecule has 1 N–H and O–H groups in total. The summed E-state index contributed by atoms with van der Waals surface area (Å²) in [7, 11) is 0. The van der Waals surface area contributed by atoms with Crippen molar-refractivity contribution in [3.05, 3.63) is 23.1 Å². The summed E-state index contributed by atoms with van der Waals surface area (Å²) in [4.78, 5) is 12.0. The van der Waals surface area contributed by atoms with E-state index in [2.05, 4.69) is 19.2 Å². The first-order chi connectivity index (χ1) is 9.01. The van der Waals surface area contributed by atoms with Crippen LogP contribution in [0.1, 0.15) is 56.5 Å². The molecule has 106 valence electrons. The molecule has 1 aromatic heterocycles. The maximum Gasteiger partial charge on any atom is 0.287 e. The van der Waals surface area contributed by atoms with Crippen LogP contribution in [-0.4, -0.2) is 12.5 Å². The lowest BCUT2D eigenvalue weighted by molar-refractivity contribution is 0.0894. The second-order valence-electron chi connectivity index (χ2n) is 6.09. The van der Waals surface area contributed by atoms with Crippen molar-refractivity contribution in [3.63, 3.8) is 0 Å². The Morgan fingerprint density at radius 1 is 1.42 bits per heavy atom. The normalized spacial score (nSPS) is 17.9. The highest BCUT2D eigenvalue weighted by Gasteiger charge is 2.34. The van der Waals surface area contributed by atoms with Crippen LogP contribution in [0.5, 0.6) is 0 Å². The predicted octanol–water partition coefficient (Wildman–Crippen LogP) is 4.27. The van der Waals surface area contributed by atoms with Crippen molar-refractivity contribution in [1.82, 2.24) is 5.32 Å². The lowest BCUT2D eigenvalue weighted by atomic mass is 9.78. The van der Waals surface area contributed by atoms with Crippen LogP contribution < -0.4 is 5.32 Å². The first-order valence-electron chi connectivity index (χ1n) is 7.04. The summed E-state index contributed by atoms with van der Waals surface area (Å²) in [5.74, 6) is 0.790. The number of carbonyl (C=O) groups is 1. The number of carbonyl (C=O) groups excluding carboxylic acids is 1. The third kappa shape index (κ3) is 3.75. The Kier molecular flexibility index (Phi) is 4.56. The van der Waals surface area contributed by atoms with Gasteiger partial charge in [0.05, 0.1) is 0 Å². The molecule has 0 aliphatic heterocycles. The Labute approximate surface area is 119 Å². The van der Waals surface area contributed by atoms with Gasteiger partial charge in [-0.2, -0.15) is 0 Å². The van der Waals surface area contributed by atoms with Crippen molar-refractivity contribution in [2.24, 2.45) is 11.3 Å². The SMILES string of the molecule is CC(C)CC1(CNC(=O)c2ccc(Cl)o2)CCCC1. The molecular formula is C15H22ClNO2. The zero-order valence-corrected chi connectivity index (χ0v) is 12.4.